The molecule has 1 fully saturated rings. The van der Waals surface area contributed by atoms with Crippen molar-refractivity contribution in [3.63, 3.8) is 0 Å². The van der Waals surface area contributed by atoms with Crippen molar-refractivity contribution in [2.45, 2.75) is 53.8 Å². The highest BCUT2D eigenvalue weighted by Crippen LogP contribution is 2.36. The number of carbonyl (C=O) groups excluding carboxylic acids is 2. The SMILES string of the molecule is NC(N)=NCCC[C@@H]1N[C@H](CNC(=O)C2Cc3ccccc3S2)CCN(CC(c2ccccc2)c2ccccc2)C1=O. The molecule has 0 aromatic heterocycles. The number of carbonyl (C=O) groups is 2. The molecule has 0 aliphatic carbocycles. The molecule has 0 saturated carbocycles. The molecule has 2 aliphatic rings. The van der Waals surface area contributed by atoms with Crippen LogP contribution in [0.15, 0.2) is 94.8 Å². The smallest absolute Gasteiger partial charge is 0.239 e. The van der Waals surface area contributed by atoms with Crippen LogP contribution in [0.5, 0.6) is 0 Å². The first-order valence-electron chi connectivity index (χ1n) is 14.7. The molecule has 0 spiro atoms. The summed E-state index contributed by atoms with van der Waals surface area (Å²) in [6.45, 7) is 2.12. The van der Waals surface area contributed by atoms with Gasteiger partial charge in [-0.05, 0) is 48.4 Å². The molecule has 0 radical (unpaired) electrons. The van der Waals surface area contributed by atoms with Gasteiger partial charge in [-0.3, -0.25) is 14.6 Å². The number of benzene rings is 3. The maximum absolute atomic E-state index is 14.0. The highest BCUT2D eigenvalue weighted by atomic mass is 32.2. The van der Waals surface area contributed by atoms with Gasteiger partial charge < -0.3 is 27.0 Å². The second kappa shape index (κ2) is 14.4. The fraction of sp³-hybridized carbons (Fsp3) is 0.364. The molecule has 5 rings (SSSR count). The summed E-state index contributed by atoms with van der Waals surface area (Å²) in [6.07, 6.45) is 2.76. The van der Waals surface area contributed by atoms with E-state index in [-0.39, 0.29) is 41.0 Å². The van der Waals surface area contributed by atoms with E-state index in [1.165, 1.54) is 21.6 Å². The summed E-state index contributed by atoms with van der Waals surface area (Å²) < 4.78 is 0. The Kier molecular flexibility index (Phi) is 10.2. The highest BCUT2D eigenvalue weighted by Gasteiger charge is 2.33. The Bertz CT molecular complexity index is 1300. The number of amides is 2. The number of aliphatic imine (C=N–C) groups is 1. The van der Waals surface area contributed by atoms with E-state index in [1.54, 1.807) is 11.8 Å². The summed E-state index contributed by atoms with van der Waals surface area (Å²) in [5, 5.41) is 6.63. The first-order chi connectivity index (χ1) is 20.5. The van der Waals surface area contributed by atoms with E-state index in [9.17, 15) is 9.59 Å². The second-order valence-corrected chi connectivity index (χ2v) is 12.2. The third kappa shape index (κ3) is 7.72. The van der Waals surface area contributed by atoms with Crippen LogP contribution >= 0.6 is 11.8 Å². The topological polar surface area (TPSA) is 126 Å². The molecule has 2 aliphatic heterocycles. The van der Waals surface area contributed by atoms with Crippen LogP contribution < -0.4 is 22.1 Å². The van der Waals surface area contributed by atoms with Gasteiger partial charge in [-0.15, -0.1) is 11.8 Å². The van der Waals surface area contributed by atoms with Crippen molar-refractivity contribution in [1.29, 1.82) is 0 Å². The minimum atomic E-state index is -0.388. The van der Waals surface area contributed by atoms with E-state index in [0.717, 1.165) is 12.8 Å². The predicted molar refractivity (Wildman–Crippen MR) is 169 cm³/mol. The average molecular weight is 585 g/mol. The van der Waals surface area contributed by atoms with Crippen molar-refractivity contribution in [1.82, 2.24) is 15.5 Å². The number of nitrogens with one attached hydrogen (secondary N) is 2. The Morgan fingerprint density at radius 1 is 1.00 bits per heavy atom. The van der Waals surface area contributed by atoms with Gasteiger partial charge in [0.2, 0.25) is 11.8 Å². The first-order valence-corrected chi connectivity index (χ1v) is 15.6. The summed E-state index contributed by atoms with van der Waals surface area (Å²) in [4.78, 5) is 34.4. The van der Waals surface area contributed by atoms with Gasteiger partial charge in [0, 0.05) is 43.0 Å². The zero-order valence-electron chi connectivity index (χ0n) is 23.8. The number of hydrogen-bond acceptors (Lipinski definition) is 5. The molecule has 220 valence electrons. The van der Waals surface area contributed by atoms with E-state index >= 15 is 0 Å². The summed E-state index contributed by atoms with van der Waals surface area (Å²) in [6, 6.07) is 28.5. The average Bonchev–Trinajstić information content (AvgIpc) is 3.39. The van der Waals surface area contributed by atoms with E-state index in [4.69, 9.17) is 11.5 Å². The van der Waals surface area contributed by atoms with Crippen LogP contribution in [-0.4, -0.2) is 66.2 Å². The van der Waals surface area contributed by atoms with E-state index in [0.29, 0.717) is 39.0 Å². The van der Waals surface area contributed by atoms with E-state index < -0.39 is 0 Å². The molecule has 8 nitrogen and oxygen atoms in total. The van der Waals surface area contributed by atoms with Crippen LogP contribution in [0.1, 0.15) is 41.9 Å². The van der Waals surface area contributed by atoms with Crippen molar-refractivity contribution in [3.8, 4) is 0 Å². The maximum atomic E-state index is 14.0. The highest BCUT2D eigenvalue weighted by molar-refractivity contribution is 8.01. The number of nitrogens with two attached hydrogens (primary N) is 2. The first kappa shape index (κ1) is 29.7. The zero-order valence-corrected chi connectivity index (χ0v) is 24.6. The van der Waals surface area contributed by atoms with Gasteiger partial charge in [0.05, 0.1) is 11.3 Å². The van der Waals surface area contributed by atoms with Crippen molar-refractivity contribution < 1.29 is 9.59 Å². The van der Waals surface area contributed by atoms with Crippen molar-refractivity contribution in [2.75, 3.05) is 26.2 Å². The third-order valence-electron chi connectivity index (χ3n) is 8.01. The van der Waals surface area contributed by atoms with Crippen LogP contribution in [0.2, 0.25) is 0 Å². The van der Waals surface area contributed by atoms with Crippen molar-refractivity contribution in [3.05, 3.63) is 102 Å². The standard InChI is InChI=1S/C33H40N6O2S/c34-33(35)36-18-9-15-28-32(41)39(22-27(23-10-3-1-4-11-23)24-12-5-2-6-13-24)19-17-26(38-28)21-37-31(40)30-20-25-14-7-8-16-29(25)42-30/h1-8,10-14,16,26-28,30,38H,9,15,17-22H2,(H,37,40)(H4,34,35,36)/t26-,28-,30?/m0/s1. The number of thioether (sulfide) groups is 1. The monoisotopic (exact) mass is 584 g/mol. The minimum absolute atomic E-state index is 0.0309. The van der Waals surface area contributed by atoms with Gasteiger partial charge in [-0.25, -0.2) is 0 Å². The number of fused-ring (bicyclic) bond motifs is 1. The number of nitrogens with zero attached hydrogens (tertiary/aromatic N) is 2. The van der Waals surface area contributed by atoms with Gasteiger partial charge in [0.15, 0.2) is 5.96 Å². The van der Waals surface area contributed by atoms with Gasteiger partial charge in [-0.2, -0.15) is 0 Å². The quantitative estimate of drug-likeness (QED) is 0.156. The Morgan fingerprint density at radius 3 is 2.33 bits per heavy atom. The molecule has 0 bridgehead atoms. The number of guanidine groups is 1. The molecule has 3 aromatic carbocycles. The molecular formula is C33H40N6O2S. The van der Waals surface area contributed by atoms with E-state index in [2.05, 4.69) is 52.0 Å². The Balaban J connectivity index is 1.28. The van der Waals surface area contributed by atoms with Crippen LogP contribution in [0.25, 0.3) is 0 Å². The lowest BCUT2D eigenvalue weighted by Crippen LogP contribution is -2.49. The Labute approximate surface area is 252 Å². The van der Waals surface area contributed by atoms with Crippen molar-refractivity contribution >= 4 is 29.5 Å². The van der Waals surface area contributed by atoms with Crippen LogP contribution in [0, 0.1) is 0 Å². The summed E-state index contributed by atoms with van der Waals surface area (Å²) in [5.74, 6) is 0.226. The van der Waals surface area contributed by atoms with Crippen molar-refractivity contribution in [2.24, 2.45) is 16.5 Å². The number of hydrogen-bond donors (Lipinski definition) is 4. The number of rotatable bonds is 11. The van der Waals surface area contributed by atoms with Gasteiger partial charge in [0.1, 0.15) is 0 Å². The largest absolute Gasteiger partial charge is 0.370 e. The lowest BCUT2D eigenvalue weighted by molar-refractivity contribution is -0.133. The molecule has 3 aromatic rings. The van der Waals surface area contributed by atoms with Crippen LogP contribution in [0.4, 0.5) is 0 Å². The summed E-state index contributed by atoms with van der Waals surface area (Å²) in [7, 11) is 0. The molecule has 9 heteroatoms. The van der Waals surface area contributed by atoms with E-state index in [1.807, 2.05) is 53.4 Å². The maximum Gasteiger partial charge on any atom is 0.239 e. The normalized spacial score (nSPS) is 20.2. The van der Waals surface area contributed by atoms with Crippen LogP contribution in [-0.2, 0) is 16.0 Å². The lowest BCUT2D eigenvalue weighted by Gasteiger charge is -2.29. The van der Waals surface area contributed by atoms with Crippen LogP contribution in [0.3, 0.4) is 0 Å². The molecule has 3 atom stereocenters. The molecule has 42 heavy (non-hydrogen) atoms. The minimum Gasteiger partial charge on any atom is -0.370 e. The third-order valence-corrected chi connectivity index (χ3v) is 9.33. The molecular weight excluding hydrogens is 544 g/mol. The molecule has 2 amide bonds. The summed E-state index contributed by atoms with van der Waals surface area (Å²) >= 11 is 1.63. The second-order valence-electron chi connectivity index (χ2n) is 11.0. The molecule has 2 heterocycles. The summed E-state index contributed by atoms with van der Waals surface area (Å²) in [5.41, 5.74) is 14.6. The van der Waals surface area contributed by atoms with Gasteiger partial charge >= 0.3 is 0 Å². The predicted octanol–water partition coefficient (Wildman–Crippen LogP) is 3.26. The van der Waals surface area contributed by atoms with Gasteiger partial charge in [0.25, 0.3) is 0 Å². The Hall–Kier alpha value is -3.82. The molecule has 1 saturated heterocycles. The zero-order chi connectivity index (χ0) is 29.3. The molecule has 1 unspecified atom stereocenters. The fourth-order valence-electron chi connectivity index (χ4n) is 5.79. The molecule has 6 N–H and O–H groups in total. The Morgan fingerprint density at radius 2 is 1.67 bits per heavy atom. The fourth-order valence-corrected chi connectivity index (χ4v) is 7.01. The lowest BCUT2D eigenvalue weighted by atomic mass is 9.90. The van der Waals surface area contributed by atoms with Gasteiger partial charge in [-0.1, -0.05) is 78.9 Å².